The minimum absolute atomic E-state index is 0.0530. The van der Waals surface area contributed by atoms with Crippen LogP contribution in [0.4, 0.5) is 10.3 Å². The van der Waals surface area contributed by atoms with E-state index < -0.39 is 0 Å². The Bertz CT molecular complexity index is 780. The molecule has 1 unspecified atom stereocenters. The van der Waals surface area contributed by atoms with Crippen LogP contribution >= 0.6 is 0 Å². The number of halogens is 1. The van der Waals surface area contributed by atoms with Gasteiger partial charge in [-0.05, 0) is 42.8 Å². The average molecular weight is 285 g/mol. The zero-order chi connectivity index (χ0) is 15.0. The van der Waals surface area contributed by atoms with E-state index in [9.17, 15) is 4.39 Å². The summed E-state index contributed by atoms with van der Waals surface area (Å²) in [6.07, 6.45) is 0. The molecule has 3 aromatic rings. The van der Waals surface area contributed by atoms with Gasteiger partial charge in [-0.3, -0.25) is 0 Å². The van der Waals surface area contributed by atoms with Gasteiger partial charge in [0, 0.05) is 0 Å². The molecule has 1 aromatic heterocycles. The summed E-state index contributed by atoms with van der Waals surface area (Å²) in [7, 11) is 1.63. The highest BCUT2D eigenvalue weighted by atomic mass is 19.1. The Labute approximate surface area is 122 Å². The molecule has 0 saturated carbocycles. The smallest absolute Gasteiger partial charge is 0.201 e. The maximum absolute atomic E-state index is 13.5. The first-order chi connectivity index (χ1) is 10.1. The third kappa shape index (κ3) is 2.31. The number of rotatable bonds is 3. The number of methoxy groups -OCH3 is 1. The molecular formula is C16H16FN3O. The molecule has 1 atom stereocenters. The monoisotopic (exact) mass is 285 g/mol. The first-order valence-corrected chi connectivity index (χ1v) is 6.67. The van der Waals surface area contributed by atoms with E-state index in [0.29, 0.717) is 17.0 Å². The number of ether oxygens (including phenoxy) is 1. The molecule has 3 rings (SSSR count). The molecular weight excluding hydrogens is 269 g/mol. The molecule has 1 heterocycles. The van der Waals surface area contributed by atoms with E-state index in [1.807, 2.05) is 35.8 Å². The van der Waals surface area contributed by atoms with Gasteiger partial charge in [-0.25, -0.2) is 9.37 Å². The largest absolute Gasteiger partial charge is 0.497 e. The first kappa shape index (κ1) is 13.4. The highest BCUT2D eigenvalue weighted by molar-refractivity contribution is 5.78. The number of nitrogens with zero attached hydrogens (tertiary/aromatic N) is 2. The van der Waals surface area contributed by atoms with Crippen LogP contribution in [-0.2, 0) is 0 Å². The van der Waals surface area contributed by atoms with Gasteiger partial charge >= 0.3 is 0 Å². The van der Waals surface area contributed by atoms with Crippen molar-refractivity contribution in [3.8, 4) is 5.75 Å². The second-order valence-corrected chi connectivity index (χ2v) is 4.92. The summed E-state index contributed by atoms with van der Waals surface area (Å²) < 4.78 is 20.5. The van der Waals surface area contributed by atoms with Crippen LogP contribution in [0.2, 0.25) is 0 Å². The molecule has 5 heteroatoms. The number of benzene rings is 2. The van der Waals surface area contributed by atoms with Gasteiger partial charge in [0.15, 0.2) is 0 Å². The van der Waals surface area contributed by atoms with Crippen LogP contribution in [-0.4, -0.2) is 16.7 Å². The SMILES string of the molecule is COc1ccc(C(C)n2c(N)nc3ccc(F)cc32)cc1. The van der Waals surface area contributed by atoms with Gasteiger partial charge in [0.25, 0.3) is 0 Å². The standard InChI is InChI=1S/C16H16FN3O/c1-10(11-3-6-13(21-2)7-4-11)20-15-9-12(17)5-8-14(15)19-16(20)18/h3-10H,1-2H3,(H2,18,19). The molecule has 4 nitrogen and oxygen atoms in total. The number of hydrogen-bond acceptors (Lipinski definition) is 3. The third-order valence-electron chi connectivity index (χ3n) is 3.66. The zero-order valence-corrected chi connectivity index (χ0v) is 11.9. The van der Waals surface area contributed by atoms with Crippen LogP contribution in [0.15, 0.2) is 42.5 Å². The van der Waals surface area contributed by atoms with E-state index in [4.69, 9.17) is 10.5 Å². The van der Waals surface area contributed by atoms with Crippen molar-refractivity contribution >= 4 is 17.0 Å². The molecule has 0 saturated heterocycles. The third-order valence-corrected chi connectivity index (χ3v) is 3.66. The highest BCUT2D eigenvalue weighted by Gasteiger charge is 2.16. The summed E-state index contributed by atoms with van der Waals surface area (Å²) in [4.78, 5) is 4.28. The fraction of sp³-hybridized carbons (Fsp3) is 0.188. The second kappa shape index (κ2) is 5.09. The number of fused-ring (bicyclic) bond motifs is 1. The normalized spacial score (nSPS) is 12.5. The van der Waals surface area contributed by atoms with Crippen LogP contribution in [0.3, 0.4) is 0 Å². The Kier molecular flexibility index (Phi) is 3.25. The Hall–Kier alpha value is -2.56. The van der Waals surface area contributed by atoms with Crippen molar-refractivity contribution in [1.82, 2.24) is 9.55 Å². The summed E-state index contributed by atoms with van der Waals surface area (Å²) in [5.74, 6) is 0.866. The minimum atomic E-state index is -0.300. The number of imidazole rings is 1. The summed E-state index contributed by atoms with van der Waals surface area (Å²) in [5.41, 5.74) is 8.43. The summed E-state index contributed by atoms with van der Waals surface area (Å²) in [5, 5.41) is 0. The van der Waals surface area contributed by atoms with Crippen LogP contribution in [0.5, 0.6) is 5.75 Å². The molecule has 2 N–H and O–H groups in total. The van der Waals surface area contributed by atoms with Gasteiger partial charge in [0.2, 0.25) is 5.95 Å². The van der Waals surface area contributed by atoms with Crippen molar-refractivity contribution in [2.45, 2.75) is 13.0 Å². The van der Waals surface area contributed by atoms with Crippen molar-refractivity contribution in [3.05, 3.63) is 53.8 Å². The van der Waals surface area contributed by atoms with E-state index in [-0.39, 0.29) is 11.9 Å². The molecule has 0 spiro atoms. The maximum atomic E-state index is 13.5. The Morgan fingerprint density at radius 1 is 1.19 bits per heavy atom. The molecule has 0 aliphatic rings. The maximum Gasteiger partial charge on any atom is 0.201 e. The van der Waals surface area contributed by atoms with Crippen molar-refractivity contribution in [2.24, 2.45) is 0 Å². The molecule has 0 aliphatic carbocycles. The number of hydrogen-bond donors (Lipinski definition) is 1. The Balaban J connectivity index is 2.09. The lowest BCUT2D eigenvalue weighted by molar-refractivity contribution is 0.414. The zero-order valence-electron chi connectivity index (χ0n) is 11.9. The van der Waals surface area contributed by atoms with Gasteiger partial charge in [0.1, 0.15) is 11.6 Å². The molecule has 0 aliphatic heterocycles. The highest BCUT2D eigenvalue weighted by Crippen LogP contribution is 2.28. The minimum Gasteiger partial charge on any atom is -0.497 e. The van der Waals surface area contributed by atoms with E-state index in [1.165, 1.54) is 12.1 Å². The van der Waals surface area contributed by atoms with E-state index in [0.717, 1.165) is 11.3 Å². The van der Waals surface area contributed by atoms with Gasteiger partial charge in [0.05, 0.1) is 24.2 Å². The van der Waals surface area contributed by atoms with Gasteiger partial charge < -0.3 is 15.0 Å². The van der Waals surface area contributed by atoms with Gasteiger partial charge in [-0.15, -0.1) is 0 Å². The Morgan fingerprint density at radius 3 is 2.57 bits per heavy atom. The lowest BCUT2D eigenvalue weighted by Crippen LogP contribution is -2.10. The van der Waals surface area contributed by atoms with Crippen molar-refractivity contribution < 1.29 is 9.13 Å². The predicted octanol–water partition coefficient (Wildman–Crippen LogP) is 3.38. The van der Waals surface area contributed by atoms with Crippen LogP contribution in [0.25, 0.3) is 11.0 Å². The molecule has 2 aromatic carbocycles. The quantitative estimate of drug-likeness (QED) is 0.802. The molecule has 21 heavy (non-hydrogen) atoms. The predicted molar refractivity (Wildman–Crippen MR) is 80.9 cm³/mol. The summed E-state index contributed by atoms with van der Waals surface area (Å²) in [6.45, 7) is 2.00. The van der Waals surface area contributed by atoms with E-state index >= 15 is 0 Å². The van der Waals surface area contributed by atoms with Crippen LogP contribution < -0.4 is 10.5 Å². The number of anilines is 1. The summed E-state index contributed by atoms with van der Waals surface area (Å²) >= 11 is 0. The second-order valence-electron chi connectivity index (χ2n) is 4.92. The fourth-order valence-electron chi connectivity index (χ4n) is 2.52. The molecule has 108 valence electrons. The van der Waals surface area contributed by atoms with Crippen LogP contribution in [0, 0.1) is 5.82 Å². The average Bonchev–Trinajstić information content (AvgIpc) is 2.82. The number of nitrogens with two attached hydrogens (primary N) is 1. The lowest BCUT2D eigenvalue weighted by atomic mass is 10.1. The van der Waals surface area contributed by atoms with Crippen LogP contribution in [0.1, 0.15) is 18.5 Å². The Morgan fingerprint density at radius 2 is 1.90 bits per heavy atom. The van der Waals surface area contributed by atoms with E-state index in [2.05, 4.69) is 4.98 Å². The van der Waals surface area contributed by atoms with Crippen molar-refractivity contribution in [3.63, 3.8) is 0 Å². The fourth-order valence-corrected chi connectivity index (χ4v) is 2.52. The number of nitrogen functional groups attached to an aromatic ring is 1. The van der Waals surface area contributed by atoms with E-state index in [1.54, 1.807) is 13.2 Å². The van der Waals surface area contributed by atoms with Gasteiger partial charge in [-0.2, -0.15) is 0 Å². The topological polar surface area (TPSA) is 53.1 Å². The van der Waals surface area contributed by atoms with Crippen molar-refractivity contribution in [2.75, 3.05) is 12.8 Å². The number of aromatic nitrogens is 2. The molecule has 0 radical (unpaired) electrons. The molecule has 0 amide bonds. The molecule has 0 fully saturated rings. The van der Waals surface area contributed by atoms with Crippen molar-refractivity contribution in [1.29, 1.82) is 0 Å². The lowest BCUT2D eigenvalue weighted by Gasteiger charge is -2.17. The summed E-state index contributed by atoms with van der Waals surface area (Å²) in [6, 6.07) is 12.1. The molecule has 0 bridgehead atoms. The van der Waals surface area contributed by atoms with Gasteiger partial charge in [-0.1, -0.05) is 12.1 Å². The first-order valence-electron chi connectivity index (χ1n) is 6.67.